The summed E-state index contributed by atoms with van der Waals surface area (Å²) in [4.78, 5) is 4.14. The molecule has 11 heavy (non-hydrogen) atoms. The summed E-state index contributed by atoms with van der Waals surface area (Å²) in [6.45, 7) is 9.18. The maximum atomic E-state index is 5.45. The third-order valence-corrected chi connectivity index (χ3v) is 1.46. The van der Waals surface area contributed by atoms with Gasteiger partial charge in [-0.25, -0.2) is 0 Å². The molecule has 0 aromatic rings. The average Bonchev–Trinajstić information content (AvgIpc) is 1.87. The Morgan fingerprint density at radius 2 is 2.00 bits per heavy atom. The fourth-order valence-corrected chi connectivity index (χ4v) is 0.676. The van der Waals surface area contributed by atoms with Crippen LogP contribution in [0, 0.1) is 5.41 Å². The van der Waals surface area contributed by atoms with Crippen molar-refractivity contribution in [1.82, 2.24) is 0 Å². The van der Waals surface area contributed by atoms with Gasteiger partial charge in [0.1, 0.15) is 0 Å². The highest BCUT2D eigenvalue weighted by Gasteiger charge is 2.13. The van der Waals surface area contributed by atoms with Crippen LogP contribution in [0.3, 0.4) is 0 Å². The highest BCUT2D eigenvalue weighted by atomic mass is 14.7. The van der Waals surface area contributed by atoms with Gasteiger partial charge in [0.25, 0.3) is 0 Å². The van der Waals surface area contributed by atoms with E-state index in [1.165, 1.54) is 0 Å². The predicted molar refractivity (Wildman–Crippen MR) is 50.8 cm³/mol. The molecule has 2 N–H and O–H groups in total. The van der Waals surface area contributed by atoms with Crippen LogP contribution in [0.2, 0.25) is 0 Å². The number of hydrogen-bond donors (Lipinski definition) is 1. The largest absolute Gasteiger partial charge is 0.404 e. The molecule has 2 heteroatoms. The van der Waals surface area contributed by atoms with Crippen LogP contribution in [0.1, 0.15) is 27.7 Å². The first-order valence-corrected chi connectivity index (χ1v) is 3.94. The molecule has 0 fully saturated rings. The maximum absolute atomic E-state index is 5.45. The van der Waals surface area contributed by atoms with E-state index >= 15 is 0 Å². The zero-order valence-corrected chi connectivity index (χ0v) is 7.89. The highest BCUT2D eigenvalue weighted by Crippen LogP contribution is 2.22. The van der Waals surface area contributed by atoms with Gasteiger partial charge < -0.3 is 5.73 Å². The predicted octanol–water partition coefficient (Wildman–Crippen LogP) is 1.97. The first-order valence-electron chi connectivity index (χ1n) is 3.94. The van der Waals surface area contributed by atoms with Gasteiger partial charge in [-0.1, -0.05) is 20.8 Å². The Labute approximate surface area is 69.2 Å². The van der Waals surface area contributed by atoms with Gasteiger partial charge in [0.2, 0.25) is 0 Å². The van der Waals surface area contributed by atoms with Gasteiger partial charge in [-0.15, -0.1) is 0 Å². The Morgan fingerprint density at radius 1 is 1.45 bits per heavy atom. The number of aliphatic imine (C=N–C) groups is 1. The fourth-order valence-electron chi connectivity index (χ4n) is 0.676. The van der Waals surface area contributed by atoms with E-state index in [-0.39, 0.29) is 5.41 Å². The molecule has 0 aliphatic rings. The third-order valence-electron chi connectivity index (χ3n) is 1.46. The molecular weight excluding hydrogens is 136 g/mol. The van der Waals surface area contributed by atoms with E-state index in [2.05, 4.69) is 25.8 Å². The molecule has 0 rings (SSSR count). The monoisotopic (exact) mass is 154 g/mol. The van der Waals surface area contributed by atoms with E-state index in [1.54, 1.807) is 6.20 Å². The van der Waals surface area contributed by atoms with Gasteiger partial charge in [0.15, 0.2) is 0 Å². The van der Waals surface area contributed by atoms with Gasteiger partial charge in [0.05, 0.1) is 0 Å². The van der Waals surface area contributed by atoms with Crippen molar-refractivity contribution < 1.29 is 0 Å². The molecule has 0 spiro atoms. The Morgan fingerprint density at radius 3 is 2.27 bits per heavy atom. The molecular formula is C9H18N2. The van der Waals surface area contributed by atoms with Crippen LogP contribution in [-0.4, -0.2) is 12.8 Å². The van der Waals surface area contributed by atoms with Crippen LogP contribution in [0.5, 0.6) is 0 Å². The quantitative estimate of drug-likeness (QED) is 0.607. The summed E-state index contributed by atoms with van der Waals surface area (Å²) in [6.07, 6.45) is 3.47. The number of nitrogens with two attached hydrogens (primary N) is 1. The lowest BCUT2D eigenvalue weighted by Crippen LogP contribution is -2.12. The van der Waals surface area contributed by atoms with Crippen molar-refractivity contribution in [3.63, 3.8) is 0 Å². The normalized spacial score (nSPS) is 14.4. The summed E-state index contributed by atoms with van der Waals surface area (Å²) in [5, 5.41) is 0. The van der Waals surface area contributed by atoms with Crippen molar-refractivity contribution in [2.45, 2.75) is 27.7 Å². The SMILES string of the molecule is CCN=C/C(=C\N)C(C)(C)C. The lowest BCUT2D eigenvalue weighted by Gasteiger charge is -2.18. The minimum atomic E-state index is 0.105. The summed E-state index contributed by atoms with van der Waals surface area (Å²) in [5.74, 6) is 0. The molecule has 0 aromatic carbocycles. The second-order valence-electron chi connectivity index (χ2n) is 3.50. The van der Waals surface area contributed by atoms with E-state index in [9.17, 15) is 0 Å². The Kier molecular flexibility index (Phi) is 3.86. The number of hydrogen-bond acceptors (Lipinski definition) is 2. The summed E-state index contributed by atoms with van der Waals surface area (Å²) in [7, 11) is 0. The summed E-state index contributed by atoms with van der Waals surface area (Å²) in [6, 6.07) is 0. The molecule has 0 aliphatic heterocycles. The Hall–Kier alpha value is -0.790. The molecule has 0 unspecified atom stereocenters. The van der Waals surface area contributed by atoms with Gasteiger partial charge in [-0.3, -0.25) is 4.99 Å². The fraction of sp³-hybridized carbons (Fsp3) is 0.667. The van der Waals surface area contributed by atoms with E-state index in [0.29, 0.717) is 0 Å². The maximum Gasteiger partial charge on any atom is 0.0361 e. The number of allylic oxidation sites excluding steroid dienone is 1. The van der Waals surface area contributed by atoms with Crippen LogP contribution in [0.25, 0.3) is 0 Å². The Balaban J connectivity index is 4.33. The molecule has 0 aliphatic carbocycles. The van der Waals surface area contributed by atoms with Crippen LogP contribution in [0.4, 0.5) is 0 Å². The van der Waals surface area contributed by atoms with Gasteiger partial charge in [-0.2, -0.15) is 0 Å². The Bertz CT molecular complexity index is 161. The molecule has 0 aromatic heterocycles. The standard InChI is InChI=1S/C9H18N2/c1-5-11-7-8(6-10)9(2,3)4/h6-7H,5,10H2,1-4H3/b8-6+,11-7?. The minimum absolute atomic E-state index is 0.105. The summed E-state index contributed by atoms with van der Waals surface area (Å²) in [5.41, 5.74) is 6.63. The molecule has 0 amide bonds. The summed E-state index contributed by atoms with van der Waals surface area (Å²) < 4.78 is 0. The summed E-state index contributed by atoms with van der Waals surface area (Å²) >= 11 is 0. The molecule has 0 saturated heterocycles. The van der Waals surface area contributed by atoms with E-state index < -0.39 is 0 Å². The molecule has 2 nitrogen and oxygen atoms in total. The van der Waals surface area contributed by atoms with Gasteiger partial charge in [0, 0.05) is 12.8 Å². The highest BCUT2D eigenvalue weighted by molar-refractivity contribution is 5.79. The third kappa shape index (κ3) is 3.81. The van der Waals surface area contributed by atoms with Crippen LogP contribution in [-0.2, 0) is 0 Å². The van der Waals surface area contributed by atoms with Crippen LogP contribution in [0.15, 0.2) is 16.8 Å². The topological polar surface area (TPSA) is 38.4 Å². The van der Waals surface area contributed by atoms with Crippen molar-refractivity contribution in [1.29, 1.82) is 0 Å². The molecule has 0 radical (unpaired) electrons. The smallest absolute Gasteiger partial charge is 0.0361 e. The molecule has 0 bridgehead atoms. The van der Waals surface area contributed by atoms with Crippen molar-refractivity contribution in [2.24, 2.45) is 16.1 Å². The lowest BCUT2D eigenvalue weighted by atomic mass is 9.88. The van der Waals surface area contributed by atoms with E-state index in [0.717, 1.165) is 12.1 Å². The van der Waals surface area contributed by atoms with Crippen LogP contribution < -0.4 is 5.73 Å². The molecule has 0 atom stereocenters. The molecule has 64 valence electrons. The molecule has 0 heterocycles. The molecule has 0 saturated carbocycles. The van der Waals surface area contributed by atoms with Crippen molar-refractivity contribution in [3.05, 3.63) is 11.8 Å². The van der Waals surface area contributed by atoms with E-state index in [4.69, 9.17) is 5.73 Å². The zero-order chi connectivity index (χ0) is 8.91. The first kappa shape index (κ1) is 10.2. The van der Waals surface area contributed by atoms with Crippen molar-refractivity contribution >= 4 is 6.21 Å². The van der Waals surface area contributed by atoms with Gasteiger partial charge in [-0.05, 0) is 24.1 Å². The van der Waals surface area contributed by atoms with Crippen molar-refractivity contribution in [3.8, 4) is 0 Å². The zero-order valence-electron chi connectivity index (χ0n) is 7.89. The number of nitrogens with zero attached hydrogens (tertiary/aromatic N) is 1. The number of rotatable bonds is 2. The first-order chi connectivity index (χ1) is 5.02. The van der Waals surface area contributed by atoms with E-state index in [1.807, 2.05) is 13.1 Å². The lowest BCUT2D eigenvalue weighted by molar-refractivity contribution is 0.525. The second-order valence-corrected chi connectivity index (χ2v) is 3.50. The minimum Gasteiger partial charge on any atom is -0.404 e. The van der Waals surface area contributed by atoms with Crippen molar-refractivity contribution in [2.75, 3.05) is 6.54 Å². The van der Waals surface area contributed by atoms with Crippen LogP contribution >= 0.6 is 0 Å². The second kappa shape index (κ2) is 4.16. The van der Waals surface area contributed by atoms with Gasteiger partial charge >= 0.3 is 0 Å². The average molecular weight is 154 g/mol.